The van der Waals surface area contributed by atoms with Gasteiger partial charge in [-0.2, -0.15) is 0 Å². The molecule has 0 aromatic heterocycles. The number of piperazine rings is 1. The van der Waals surface area contributed by atoms with Crippen LogP contribution in [-0.4, -0.2) is 61.2 Å². The number of rotatable bonds is 6. The molecule has 3 heteroatoms. The van der Waals surface area contributed by atoms with Gasteiger partial charge in [0.25, 0.3) is 0 Å². The van der Waals surface area contributed by atoms with Gasteiger partial charge in [-0.15, -0.1) is 0 Å². The lowest BCUT2D eigenvalue weighted by atomic mass is 9.86. The van der Waals surface area contributed by atoms with Gasteiger partial charge in [-0.3, -0.25) is 9.80 Å². The minimum atomic E-state index is 0.350. The highest BCUT2D eigenvalue weighted by Gasteiger charge is 2.32. The van der Waals surface area contributed by atoms with Crippen molar-refractivity contribution in [1.82, 2.24) is 15.1 Å². The fourth-order valence-corrected chi connectivity index (χ4v) is 2.97. The minimum Gasteiger partial charge on any atom is -0.312 e. The van der Waals surface area contributed by atoms with E-state index in [2.05, 4.69) is 42.8 Å². The molecule has 0 spiro atoms. The number of hydrogen-bond donors (Lipinski definition) is 1. The maximum Gasteiger partial charge on any atom is 0.0243 e. The Hall–Kier alpha value is -0.120. The van der Waals surface area contributed by atoms with Crippen LogP contribution in [0.2, 0.25) is 0 Å². The second-order valence-electron chi connectivity index (χ2n) is 7.44. The van der Waals surface area contributed by atoms with Crippen LogP contribution in [0.5, 0.6) is 0 Å². The van der Waals surface area contributed by atoms with E-state index in [4.69, 9.17) is 0 Å². The Balaban J connectivity index is 1.77. The molecule has 2 rings (SSSR count). The normalized spacial score (nSPS) is 24.6. The summed E-state index contributed by atoms with van der Waals surface area (Å²) in [6.07, 6.45) is 4.12. The van der Waals surface area contributed by atoms with E-state index in [0.29, 0.717) is 11.5 Å². The van der Waals surface area contributed by atoms with Gasteiger partial charge in [0.2, 0.25) is 0 Å². The third-order valence-electron chi connectivity index (χ3n) is 4.60. The van der Waals surface area contributed by atoms with Crippen molar-refractivity contribution in [3.05, 3.63) is 0 Å². The van der Waals surface area contributed by atoms with Gasteiger partial charge in [0.1, 0.15) is 0 Å². The third-order valence-corrected chi connectivity index (χ3v) is 4.60. The lowest BCUT2D eigenvalue weighted by molar-refractivity contribution is 0.0984. The Morgan fingerprint density at radius 3 is 2.21 bits per heavy atom. The van der Waals surface area contributed by atoms with Crippen LogP contribution in [0.1, 0.15) is 47.0 Å². The first-order valence-corrected chi connectivity index (χ1v) is 8.20. The van der Waals surface area contributed by atoms with Gasteiger partial charge in [-0.1, -0.05) is 27.7 Å². The lowest BCUT2D eigenvalue weighted by Crippen LogP contribution is -2.54. The Labute approximate surface area is 119 Å². The average molecular weight is 267 g/mol. The molecule has 0 aromatic rings. The van der Waals surface area contributed by atoms with E-state index in [0.717, 1.165) is 12.6 Å². The smallest absolute Gasteiger partial charge is 0.0243 e. The molecule has 1 heterocycles. The fraction of sp³-hybridized carbons (Fsp3) is 1.00. The van der Waals surface area contributed by atoms with Crippen molar-refractivity contribution in [1.29, 1.82) is 0 Å². The zero-order chi connectivity index (χ0) is 13.9. The topological polar surface area (TPSA) is 18.5 Å². The molecule has 0 amide bonds. The summed E-state index contributed by atoms with van der Waals surface area (Å²) >= 11 is 0. The lowest BCUT2D eigenvalue weighted by Gasteiger charge is -2.40. The molecule has 1 aliphatic carbocycles. The summed E-state index contributed by atoms with van der Waals surface area (Å²) in [6.45, 7) is 16.8. The van der Waals surface area contributed by atoms with Gasteiger partial charge in [-0.05, 0) is 31.2 Å². The van der Waals surface area contributed by atoms with Crippen LogP contribution in [0.3, 0.4) is 0 Å². The van der Waals surface area contributed by atoms with E-state index in [9.17, 15) is 0 Å². The highest BCUT2D eigenvalue weighted by atomic mass is 15.3. The van der Waals surface area contributed by atoms with Crippen LogP contribution >= 0.6 is 0 Å². The molecule has 1 unspecified atom stereocenters. The zero-order valence-electron chi connectivity index (χ0n) is 13.4. The summed E-state index contributed by atoms with van der Waals surface area (Å²) in [5.74, 6) is 0. The van der Waals surface area contributed by atoms with Crippen molar-refractivity contribution in [3.8, 4) is 0 Å². The summed E-state index contributed by atoms with van der Waals surface area (Å²) < 4.78 is 0. The van der Waals surface area contributed by atoms with Crippen LogP contribution < -0.4 is 5.32 Å². The molecule has 112 valence electrons. The molecule has 19 heavy (non-hydrogen) atoms. The highest BCUT2D eigenvalue weighted by Crippen LogP contribution is 2.28. The Bertz CT molecular complexity index is 260. The molecule has 1 aliphatic heterocycles. The first kappa shape index (κ1) is 15.3. The molecule has 3 nitrogen and oxygen atoms in total. The van der Waals surface area contributed by atoms with Crippen molar-refractivity contribution >= 4 is 0 Å². The SMILES string of the molecule is CCCNC(CN1CCN(C2CC2)CC1)C(C)(C)C. The van der Waals surface area contributed by atoms with Crippen LogP contribution in [0.25, 0.3) is 0 Å². The van der Waals surface area contributed by atoms with E-state index in [1.807, 2.05) is 0 Å². The standard InChI is InChI=1S/C16H33N3/c1-5-8-17-15(16(2,3)4)13-18-9-11-19(12-10-18)14-6-7-14/h14-15,17H,5-13H2,1-4H3. The van der Waals surface area contributed by atoms with E-state index in [-0.39, 0.29) is 0 Å². The second-order valence-corrected chi connectivity index (χ2v) is 7.44. The van der Waals surface area contributed by atoms with Crippen LogP contribution in [0, 0.1) is 5.41 Å². The van der Waals surface area contributed by atoms with Crippen LogP contribution in [0.4, 0.5) is 0 Å². The van der Waals surface area contributed by atoms with Gasteiger partial charge in [0.15, 0.2) is 0 Å². The van der Waals surface area contributed by atoms with Crippen molar-refractivity contribution in [2.75, 3.05) is 39.3 Å². The van der Waals surface area contributed by atoms with Crippen LogP contribution in [-0.2, 0) is 0 Å². The molecule has 0 bridgehead atoms. The molecule has 1 saturated heterocycles. The summed E-state index contributed by atoms with van der Waals surface area (Å²) in [5, 5.41) is 3.75. The summed E-state index contributed by atoms with van der Waals surface area (Å²) in [7, 11) is 0. The number of hydrogen-bond acceptors (Lipinski definition) is 3. The number of nitrogens with zero attached hydrogens (tertiary/aromatic N) is 2. The molecule has 1 N–H and O–H groups in total. The second kappa shape index (κ2) is 6.55. The van der Waals surface area contributed by atoms with E-state index in [1.54, 1.807) is 0 Å². The zero-order valence-corrected chi connectivity index (χ0v) is 13.4. The highest BCUT2D eigenvalue weighted by molar-refractivity contribution is 4.90. The predicted molar refractivity (Wildman–Crippen MR) is 82.6 cm³/mol. The largest absolute Gasteiger partial charge is 0.312 e. The van der Waals surface area contributed by atoms with Gasteiger partial charge < -0.3 is 5.32 Å². The van der Waals surface area contributed by atoms with Gasteiger partial charge in [0, 0.05) is 44.8 Å². The molecule has 2 fully saturated rings. The first-order chi connectivity index (χ1) is 9.00. The van der Waals surface area contributed by atoms with Crippen molar-refractivity contribution in [3.63, 3.8) is 0 Å². The first-order valence-electron chi connectivity index (χ1n) is 8.20. The van der Waals surface area contributed by atoms with E-state index >= 15 is 0 Å². The van der Waals surface area contributed by atoms with Gasteiger partial charge in [0.05, 0.1) is 0 Å². The Morgan fingerprint density at radius 1 is 1.11 bits per heavy atom. The van der Waals surface area contributed by atoms with E-state index in [1.165, 1.54) is 52.0 Å². The Kier molecular flexibility index (Phi) is 5.27. The van der Waals surface area contributed by atoms with Crippen molar-refractivity contribution < 1.29 is 0 Å². The summed E-state index contributed by atoms with van der Waals surface area (Å²) in [6, 6.07) is 1.55. The molecular weight excluding hydrogens is 234 g/mol. The van der Waals surface area contributed by atoms with Gasteiger partial charge >= 0.3 is 0 Å². The fourth-order valence-electron chi connectivity index (χ4n) is 2.97. The van der Waals surface area contributed by atoms with Crippen molar-refractivity contribution in [2.24, 2.45) is 5.41 Å². The molecule has 1 saturated carbocycles. The van der Waals surface area contributed by atoms with Crippen LogP contribution in [0.15, 0.2) is 0 Å². The maximum atomic E-state index is 3.75. The molecule has 0 aromatic carbocycles. The predicted octanol–water partition coefficient (Wildman–Crippen LogP) is 2.18. The quantitative estimate of drug-likeness (QED) is 0.796. The van der Waals surface area contributed by atoms with Crippen molar-refractivity contribution in [2.45, 2.75) is 59.0 Å². The summed E-state index contributed by atoms with van der Waals surface area (Å²) in [4.78, 5) is 5.36. The molecule has 2 aliphatic rings. The summed E-state index contributed by atoms with van der Waals surface area (Å²) in [5.41, 5.74) is 0.350. The third kappa shape index (κ3) is 4.73. The van der Waals surface area contributed by atoms with Gasteiger partial charge in [-0.25, -0.2) is 0 Å². The maximum absolute atomic E-state index is 3.75. The monoisotopic (exact) mass is 267 g/mol. The Morgan fingerprint density at radius 2 is 1.74 bits per heavy atom. The van der Waals surface area contributed by atoms with E-state index < -0.39 is 0 Å². The number of nitrogens with one attached hydrogen (secondary N) is 1. The average Bonchev–Trinajstić information content (AvgIpc) is 3.18. The molecular formula is C16H33N3. The molecule has 0 radical (unpaired) electrons. The molecule has 1 atom stereocenters. The minimum absolute atomic E-state index is 0.350.